The summed E-state index contributed by atoms with van der Waals surface area (Å²) in [6.07, 6.45) is 1.77. The van der Waals surface area contributed by atoms with Crippen LogP contribution in [0.5, 0.6) is 0 Å². The van der Waals surface area contributed by atoms with Gasteiger partial charge in [-0.25, -0.2) is 13.2 Å². The molecule has 1 heterocycles. The first-order valence-electron chi connectivity index (χ1n) is 10.0. The molecule has 4 rings (SSSR count). The SMILES string of the molecule is CS(=O)(=O)c1ccc(Cn2c(C(=O)O)c(-c3ccc(C=O)cc3)c3cc(Cl)ccc3c2=O)cc1. The Balaban J connectivity index is 2.01. The van der Waals surface area contributed by atoms with Crippen molar-refractivity contribution in [3.63, 3.8) is 0 Å². The number of carboxylic acid groups (broad SMARTS) is 1. The average molecular weight is 496 g/mol. The van der Waals surface area contributed by atoms with Crippen LogP contribution in [-0.4, -0.2) is 36.6 Å². The molecule has 0 fully saturated rings. The van der Waals surface area contributed by atoms with Crippen molar-refractivity contribution in [3.8, 4) is 11.1 Å². The molecule has 3 aromatic carbocycles. The lowest BCUT2D eigenvalue weighted by atomic mass is 9.95. The van der Waals surface area contributed by atoms with Crippen molar-refractivity contribution in [2.45, 2.75) is 11.4 Å². The fraction of sp³-hybridized carbons (Fsp3) is 0.0800. The number of nitrogens with zero attached hydrogens (tertiary/aromatic N) is 1. The van der Waals surface area contributed by atoms with Gasteiger partial charge in [-0.3, -0.25) is 14.2 Å². The number of halogens is 1. The molecular formula is C25H18ClNO6S. The zero-order chi connectivity index (χ0) is 24.6. The number of carboxylic acids is 1. The second-order valence-electron chi connectivity index (χ2n) is 7.77. The largest absolute Gasteiger partial charge is 0.477 e. The molecule has 0 spiro atoms. The molecule has 0 aliphatic carbocycles. The number of sulfone groups is 1. The summed E-state index contributed by atoms with van der Waals surface area (Å²) >= 11 is 6.18. The molecule has 0 unspecified atom stereocenters. The number of hydrogen-bond donors (Lipinski definition) is 1. The third-order valence-corrected chi connectivity index (χ3v) is 6.83. The minimum atomic E-state index is -3.40. The number of carbonyl (C=O) groups excluding carboxylic acids is 1. The molecule has 0 atom stereocenters. The number of rotatable bonds is 6. The van der Waals surface area contributed by atoms with Crippen molar-refractivity contribution >= 4 is 44.5 Å². The van der Waals surface area contributed by atoms with E-state index in [1.165, 1.54) is 18.2 Å². The fourth-order valence-corrected chi connectivity index (χ4v) is 4.64. The number of carbonyl (C=O) groups is 2. The van der Waals surface area contributed by atoms with E-state index in [0.717, 1.165) is 10.8 Å². The summed E-state index contributed by atoms with van der Waals surface area (Å²) in [6, 6.07) is 16.9. The maximum Gasteiger partial charge on any atom is 0.353 e. The number of pyridine rings is 1. The molecule has 172 valence electrons. The van der Waals surface area contributed by atoms with Gasteiger partial charge < -0.3 is 5.11 Å². The molecule has 0 saturated carbocycles. The molecular weight excluding hydrogens is 478 g/mol. The number of fused-ring (bicyclic) bond motifs is 1. The summed E-state index contributed by atoms with van der Waals surface area (Å²) in [5.41, 5.74) is 0.983. The van der Waals surface area contributed by atoms with Gasteiger partial charge in [0.2, 0.25) is 0 Å². The van der Waals surface area contributed by atoms with Crippen molar-refractivity contribution in [3.05, 3.63) is 98.9 Å². The highest BCUT2D eigenvalue weighted by Crippen LogP contribution is 2.33. The highest BCUT2D eigenvalue weighted by Gasteiger charge is 2.23. The summed E-state index contributed by atoms with van der Waals surface area (Å²) in [4.78, 5) is 37.1. The molecule has 0 saturated heterocycles. The smallest absolute Gasteiger partial charge is 0.353 e. The Kier molecular flexibility index (Phi) is 6.12. The highest BCUT2D eigenvalue weighted by molar-refractivity contribution is 7.90. The maximum atomic E-state index is 13.4. The third-order valence-electron chi connectivity index (χ3n) is 5.46. The molecule has 9 heteroatoms. The van der Waals surface area contributed by atoms with Crippen LogP contribution in [0.15, 0.2) is 76.4 Å². The first-order valence-corrected chi connectivity index (χ1v) is 12.3. The van der Waals surface area contributed by atoms with Gasteiger partial charge in [0.25, 0.3) is 5.56 Å². The maximum absolute atomic E-state index is 13.4. The van der Waals surface area contributed by atoms with E-state index in [-0.39, 0.29) is 28.1 Å². The lowest BCUT2D eigenvalue weighted by Crippen LogP contribution is -2.28. The molecule has 0 radical (unpaired) electrons. The van der Waals surface area contributed by atoms with E-state index >= 15 is 0 Å². The van der Waals surface area contributed by atoms with Crippen LogP contribution in [0.2, 0.25) is 5.02 Å². The van der Waals surface area contributed by atoms with Gasteiger partial charge >= 0.3 is 5.97 Å². The van der Waals surface area contributed by atoms with Gasteiger partial charge in [-0.1, -0.05) is 48.0 Å². The van der Waals surface area contributed by atoms with Gasteiger partial charge in [-0.2, -0.15) is 0 Å². The standard InChI is InChI=1S/C25H18ClNO6S/c1-34(32,33)19-9-4-15(5-10-19)13-27-23(25(30)31)22(17-6-2-16(14-28)3-7-17)21-12-18(26)8-11-20(21)24(27)29/h2-12,14H,13H2,1H3,(H,30,31). The van der Waals surface area contributed by atoms with Gasteiger partial charge in [0.1, 0.15) is 12.0 Å². The average Bonchev–Trinajstić information content (AvgIpc) is 2.80. The molecule has 1 aromatic heterocycles. The predicted molar refractivity (Wildman–Crippen MR) is 130 cm³/mol. The van der Waals surface area contributed by atoms with Crippen LogP contribution in [0.4, 0.5) is 0 Å². The van der Waals surface area contributed by atoms with Crippen molar-refractivity contribution in [2.75, 3.05) is 6.26 Å². The van der Waals surface area contributed by atoms with Crippen LogP contribution in [0.25, 0.3) is 21.9 Å². The van der Waals surface area contributed by atoms with E-state index in [2.05, 4.69) is 0 Å². The van der Waals surface area contributed by atoms with Gasteiger partial charge in [-0.05, 0) is 46.8 Å². The number of hydrogen-bond acceptors (Lipinski definition) is 5. The predicted octanol–water partition coefficient (Wildman–Crippen LogP) is 4.28. The Bertz CT molecular complexity index is 1610. The molecule has 0 aliphatic rings. The summed E-state index contributed by atoms with van der Waals surface area (Å²) < 4.78 is 24.7. The molecule has 1 N–H and O–H groups in total. The van der Waals surface area contributed by atoms with Crippen LogP contribution in [0, 0.1) is 0 Å². The van der Waals surface area contributed by atoms with Crippen molar-refractivity contribution in [2.24, 2.45) is 0 Å². The lowest BCUT2D eigenvalue weighted by Gasteiger charge is -2.18. The molecule has 0 bridgehead atoms. The minimum absolute atomic E-state index is 0.0947. The summed E-state index contributed by atoms with van der Waals surface area (Å²) in [5.74, 6) is -1.32. The van der Waals surface area contributed by atoms with E-state index in [0.29, 0.717) is 33.4 Å². The molecule has 0 aliphatic heterocycles. The fourth-order valence-electron chi connectivity index (χ4n) is 3.84. The zero-order valence-corrected chi connectivity index (χ0v) is 19.4. The topological polar surface area (TPSA) is 111 Å². The van der Waals surface area contributed by atoms with E-state index in [1.54, 1.807) is 48.5 Å². The number of benzene rings is 3. The van der Waals surface area contributed by atoms with Gasteiger partial charge in [0.15, 0.2) is 9.84 Å². The molecule has 7 nitrogen and oxygen atoms in total. The first kappa shape index (κ1) is 23.4. The van der Waals surface area contributed by atoms with Crippen LogP contribution >= 0.6 is 11.6 Å². The summed E-state index contributed by atoms with van der Waals surface area (Å²) in [7, 11) is -3.40. The van der Waals surface area contributed by atoms with Crippen LogP contribution in [0.3, 0.4) is 0 Å². The Labute approximate surface area is 199 Å². The van der Waals surface area contributed by atoms with E-state index in [1.807, 2.05) is 0 Å². The second-order valence-corrected chi connectivity index (χ2v) is 10.2. The Morgan fingerprint density at radius 2 is 1.65 bits per heavy atom. The van der Waals surface area contributed by atoms with Gasteiger partial charge in [0, 0.05) is 27.8 Å². The number of aromatic nitrogens is 1. The van der Waals surface area contributed by atoms with Crippen LogP contribution in [0.1, 0.15) is 26.4 Å². The quantitative estimate of drug-likeness (QED) is 0.400. The molecule has 34 heavy (non-hydrogen) atoms. The number of aldehydes is 1. The van der Waals surface area contributed by atoms with Crippen molar-refractivity contribution in [1.29, 1.82) is 0 Å². The zero-order valence-electron chi connectivity index (χ0n) is 17.9. The highest BCUT2D eigenvalue weighted by atomic mass is 35.5. The Morgan fingerprint density at radius 3 is 2.21 bits per heavy atom. The normalized spacial score (nSPS) is 11.5. The monoisotopic (exact) mass is 495 g/mol. The van der Waals surface area contributed by atoms with Crippen LogP contribution < -0.4 is 5.56 Å². The van der Waals surface area contributed by atoms with E-state index in [4.69, 9.17) is 11.6 Å². The van der Waals surface area contributed by atoms with E-state index < -0.39 is 21.4 Å². The van der Waals surface area contributed by atoms with Gasteiger partial charge in [-0.15, -0.1) is 0 Å². The van der Waals surface area contributed by atoms with Gasteiger partial charge in [0.05, 0.1) is 11.4 Å². The van der Waals surface area contributed by atoms with Crippen molar-refractivity contribution in [1.82, 2.24) is 4.57 Å². The van der Waals surface area contributed by atoms with Crippen LogP contribution in [-0.2, 0) is 16.4 Å². The van der Waals surface area contributed by atoms with Crippen molar-refractivity contribution < 1.29 is 23.1 Å². The second kappa shape index (κ2) is 8.89. The third kappa shape index (κ3) is 4.37. The Morgan fingerprint density at radius 1 is 1.00 bits per heavy atom. The summed E-state index contributed by atoms with van der Waals surface area (Å²) in [5, 5.41) is 11.1. The molecule has 0 amide bonds. The Hall–Kier alpha value is -3.75. The van der Waals surface area contributed by atoms with E-state index in [9.17, 15) is 27.9 Å². The lowest BCUT2D eigenvalue weighted by molar-refractivity contribution is 0.0685. The number of aromatic carboxylic acids is 1. The summed E-state index contributed by atoms with van der Waals surface area (Å²) in [6.45, 7) is -0.0947. The first-order chi connectivity index (χ1) is 16.1. The minimum Gasteiger partial charge on any atom is -0.477 e. The molecule has 4 aromatic rings.